The van der Waals surface area contributed by atoms with E-state index in [0.29, 0.717) is 38.4 Å². The number of nitrogens with zero attached hydrogens (tertiary/aromatic N) is 6. The second kappa shape index (κ2) is 11.8. The fourth-order valence-electron chi connectivity index (χ4n) is 4.18. The van der Waals surface area contributed by atoms with E-state index in [2.05, 4.69) is 43.1 Å². The molecule has 2 aromatic rings. The minimum absolute atomic E-state index is 0. The van der Waals surface area contributed by atoms with Gasteiger partial charge in [0.2, 0.25) is 0 Å². The van der Waals surface area contributed by atoms with E-state index in [0.717, 1.165) is 49.6 Å². The molecular formula is C23H32F2IN7. The Labute approximate surface area is 211 Å². The maximum absolute atomic E-state index is 14.1. The average molecular weight is 571 g/mol. The minimum atomic E-state index is -0.422. The van der Waals surface area contributed by atoms with E-state index in [-0.39, 0.29) is 24.0 Å². The summed E-state index contributed by atoms with van der Waals surface area (Å²) in [7, 11) is 3.91. The number of piperazine rings is 2. The van der Waals surface area contributed by atoms with Gasteiger partial charge in [0.05, 0.1) is 5.69 Å². The molecular weight excluding hydrogens is 539 g/mol. The summed E-state index contributed by atoms with van der Waals surface area (Å²) in [5.74, 6) is 1.01. The molecule has 2 fully saturated rings. The van der Waals surface area contributed by atoms with Gasteiger partial charge in [0.25, 0.3) is 0 Å². The van der Waals surface area contributed by atoms with Crippen molar-refractivity contribution in [2.75, 3.05) is 76.3 Å². The molecule has 1 N–H and O–H groups in total. The summed E-state index contributed by atoms with van der Waals surface area (Å²) in [6, 6.07) is 7.75. The Kier molecular flexibility index (Phi) is 9.07. The van der Waals surface area contributed by atoms with E-state index in [1.54, 1.807) is 7.05 Å². The van der Waals surface area contributed by atoms with Crippen molar-refractivity contribution in [3.05, 3.63) is 53.7 Å². The lowest BCUT2D eigenvalue weighted by molar-refractivity contribution is 0.312. The smallest absolute Gasteiger partial charge is 0.194 e. The Morgan fingerprint density at radius 3 is 2.36 bits per heavy atom. The molecule has 180 valence electrons. The molecule has 2 saturated heterocycles. The van der Waals surface area contributed by atoms with Crippen molar-refractivity contribution in [2.45, 2.75) is 6.54 Å². The molecule has 0 spiro atoms. The van der Waals surface area contributed by atoms with Gasteiger partial charge in [-0.1, -0.05) is 0 Å². The standard InChI is InChI=1S/C23H31F2N7.HI/c1-26-23(32-13-11-30(12-14-32)21-16-19(24)3-4-20(21)25)28-17-18-5-6-27-22(15-18)31-9-7-29(2)8-10-31;/h3-6,15-16H,7-14,17H2,1-2H3,(H,26,28);1H. The third-order valence-corrected chi connectivity index (χ3v) is 6.13. The Morgan fingerprint density at radius 2 is 1.67 bits per heavy atom. The number of nitrogens with one attached hydrogen (secondary N) is 1. The van der Waals surface area contributed by atoms with Gasteiger partial charge < -0.3 is 24.9 Å². The third-order valence-electron chi connectivity index (χ3n) is 6.13. The van der Waals surface area contributed by atoms with Gasteiger partial charge in [-0.15, -0.1) is 24.0 Å². The number of anilines is 2. The van der Waals surface area contributed by atoms with E-state index >= 15 is 0 Å². The summed E-state index contributed by atoms with van der Waals surface area (Å²) < 4.78 is 27.6. The molecule has 0 unspecified atom stereocenters. The highest BCUT2D eigenvalue weighted by Crippen LogP contribution is 2.22. The zero-order valence-electron chi connectivity index (χ0n) is 19.2. The molecule has 7 nitrogen and oxygen atoms in total. The summed E-state index contributed by atoms with van der Waals surface area (Å²) in [6.45, 7) is 7.26. The van der Waals surface area contributed by atoms with Crippen LogP contribution in [0.25, 0.3) is 0 Å². The normalized spacial score (nSPS) is 17.7. The van der Waals surface area contributed by atoms with E-state index in [1.165, 1.54) is 12.1 Å². The van der Waals surface area contributed by atoms with Crippen LogP contribution in [0.5, 0.6) is 0 Å². The molecule has 0 radical (unpaired) electrons. The second-order valence-corrected chi connectivity index (χ2v) is 8.28. The topological polar surface area (TPSA) is 50.2 Å². The predicted molar refractivity (Wildman–Crippen MR) is 140 cm³/mol. The van der Waals surface area contributed by atoms with Crippen LogP contribution >= 0.6 is 24.0 Å². The third kappa shape index (κ3) is 6.44. The first kappa shape index (κ1) is 25.4. The Hall–Kier alpha value is -2.21. The van der Waals surface area contributed by atoms with Gasteiger partial charge in [-0.05, 0) is 36.9 Å². The number of pyridine rings is 1. The highest BCUT2D eigenvalue weighted by molar-refractivity contribution is 14.0. The van der Waals surface area contributed by atoms with Crippen LogP contribution in [0.1, 0.15) is 5.56 Å². The van der Waals surface area contributed by atoms with Crippen LogP contribution in [0.15, 0.2) is 41.5 Å². The average Bonchev–Trinajstić information content (AvgIpc) is 2.82. The number of hydrogen-bond acceptors (Lipinski definition) is 5. The van der Waals surface area contributed by atoms with Crippen molar-refractivity contribution in [1.82, 2.24) is 20.1 Å². The minimum Gasteiger partial charge on any atom is -0.366 e. The molecule has 0 bridgehead atoms. The molecule has 2 aliphatic rings. The lowest BCUT2D eigenvalue weighted by atomic mass is 10.2. The quantitative estimate of drug-likeness (QED) is 0.346. The number of aliphatic imine (C=N–C) groups is 1. The molecule has 4 rings (SSSR count). The van der Waals surface area contributed by atoms with Crippen molar-refractivity contribution in [2.24, 2.45) is 4.99 Å². The van der Waals surface area contributed by atoms with Gasteiger partial charge in [0.15, 0.2) is 5.96 Å². The summed E-state index contributed by atoms with van der Waals surface area (Å²) in [5, 5.41) is 3.44. The van der Waals surface area contributed by atoms with Gasteiger partial charge in [-0.25, -0.2) is 13.8 Å². The number of guanidine groups is 1. The van der Waals surface area contributed by atoms with E-state index in [4.69, 9.17) is 0 Å². The number of likely N-dealkylation sites (N-methyl/N-ethyl adjacent to an activating group) is 1. The molecule has 0 amide bonds. The van der Waals surface area contributed by atoms with Gasteiger partial charge >= 0.3 is 0 Å². The molecule has 10 heteroatoms. The van der Waals surface area contributed by atoms with Crippen molar-refractivity contribution >= 4 is 41.4 Å². The summed E-state index contributed by atoms with van der Waals surface area (Å²) >= 11 is 0. The van der Waals surface area contributed by atoms with Gasteiger partial charge in [0.1, 0.15) is 17.5 Å². The Balaban J connectivity index is 0.00000306. The Morgan fingerprint density at radius 1 is 0.970 bits per heavy atom. The number of benzene rings is 1. The number of halogens is 3. The van der Waals surface area contributed by atoms with Crippen LogP contribution in [-0.2, 0) is 6.54 Å². The first-order chi connectivity index (χ1) is 15.5. The van der Waals surface area contributed by atoms with Crippen LogP contribution < -0.4 is 15.1 Å². The number of aromatic nitrogens is 1. The predicted octanol–water partition coefficient (Wildman–Crippen LogP) is 2.63. The lowest BCUT2D eigenvalue weighted by Crippen LogP contribution is -2.52. The number of hydrogen-bond donors (Lipinski definition) is 1. The maximum atomic E-state index is 14.1. The highest BCUT2D eigenvalue weighted by Gasteiger charge is 2.22. The first-order valence-electron chi connectivity index (χ1n) is 11.1. The zero-order valence-corrected chi connectivity index (χ0v) is 21.5. The lowest BCUT2D eigenvalue weighted by Gasteiger charge is -2.37. The molecule has 0 aliphatic carbocycles. The fourth-order valence-corrected chi connectivity index (χ4v) is 4.18. The fraction of sp³-hybridized carbons (Fsp3) is 0.478. The second-order valence-electron chi connectivity index (χ2n) is 8.28. The van der Waals surface area contributed by atoms with Crippen molar-refractivity contribution in [3.63, 3.8) is 0 Å². The SMILES string of the molecule is CN=C(NCc1ccnc(N2CCN(C)CC2)c1)N1CCN(c2cc(F)ccc2F)CC1.I. The molecule has 0 atom stereocenters. The van der Waals surface area contributed by atoms with Crippen LogP contribution in [0.3, 0.4) is 0 Å². The van der Waals surface area contributed by atoms with Crippen LogP contribution in [-0.4, -0.2) is 87.2 Å². The molecule has 1 aromatic carbocycles. The maximum Gasteiger partial charge on any atom is 0.194 e. The van der Waals surface area contributed by atoms with Gasteiger partial charge in [0, 0.05) is 78.2 Å². The van der Waals surface area contributed by atoms with E-state index < -0.39 is 11.6 Å². The Bertz CT molecular complexity index is 942. The van der Waals surface area contributed by atoms with Gasteiger partial charge in [-0.3, -0.25) is 4.99 Å². The highest BCUT2D eigenvalue weighted by atomic mass is 127. The summed E-state index contributed by atoms with van der Waals surface area (Å²) in [5.41, 5.74) is 1.47. The van der Waals surface area contributed by atoms with Crippen molar-refractivity contribution in [1.29, 1.82) is 0 Å². The summed E-state index contributed by atoms with van der Waals surface area (Å²) in [6.07, 6.45) is 1.86. The van der Waals surface area contributed by atoms with Crippen LogP contribution in [0, 0.1) is 11.6 Å². The van der Waals surface area contributed by atoms with E-state index in [1.807, 2.05) is 17.2 Å². The first-order valence-corrected chi connectivity index (χ1v) is 11.1. The molecule has 33 heavy (non-hydrogen) atoms. The zero-order chi connectivity index (χ0) is 22.5. The number of rotatable bonds is 4. The molecule has 2 aliphatic heterocycles. The van der Waals surface area contributed by atoms with Gasteiger partial charge in [-0.2, -0.15) is 0 Å². The monoisotopic (exact) mass is 571 g/mol. The van der Waals surface area contributed by atoms with Crippen LogP contribution in [0.2, 0.25) is 0 Å². The largest absolute Gasteiger partial charge is 0.366 e. The summed E-state index contributed by atoms with van der Waals surface area (Å²) in [4.78, 5) is 17.7. The van der Waals surface area contributed by atoms with E-state index in [9.17, 15) is 8.78 Å². The van der Waals surface area contributed by atoms with Crippen molar-refractivity contribution in [3.8, 4) is 0 Å². The van der Waals surface area contributed by atoms with Crippen LogP contribution in [0.4, 0.5) is 20.3 Å². The molecule has 0 saturated carbocycles. The molecule has 1 aromatic heterocycles. The van der Waals surface area contributed by atoms with Crippen molar-refractivity contribution < 1.29 is 8.78 Å². The molecule has 3 heterocycles.